The third kappa shape index (κ3) is 5.23. The number of anilines is 1. The van der Waals surface area contributed by atoms with E-state index in [0.717, 1.165) is 16.9 Å². The molecule has 2 aromatic carbocycles. The highest BCUT2D eigenvalue weighted by molar-refractivity contribution is 7.97. The van der Waals surface area contributed by atoms with E-state index < -0.39 is 5.97 Å². The monoisotopic (exact) mass is 411 g/mol. The summed E-state index contributed by atoms with van der Waals surface area (Å²) in [6.45, 7) is 1.06. The number of nitrogens with zero attached hydrogens (tertiary/aromatic N) is 2. The number of hydrogen-bond donors (Lipinski definition) is 1. The zero-order valence-electron chi connectivity index (χ0n) is 16.2. The largest absolute Gasteiger partial charge is 0.456 e. The van der Waals surface area contributed by atoms with Crippen LogP contribution in [0.25, 0.3) is 11.0 Å². The quantitative estimate of drug-likeness (QED) is 0.452. The van der Waals surface area contributed by atoms with Crippen LogP contribution in [0.15, 0.2) is 48.5 Å². The zero-order valence-corrected chi connectivity index (χ0v) is 17.0. The Hall–Kier alpha value is -3.13. The summed E-state index contributed by atoms with van der Waals surface area (Å²) in [7, 11) is 0. The molecule has 0 saturated heterocycles. The van der Waals surface area contributed by atoms with Gasteiger partial charge in [0, 0.05) is 18.2 Å². The SMILES string of the molecule is CSCc1nc2ccccc2n1CC(=O)OCC(=O)c1ccc(NC(C)=O)cc1. The number of ketones is 1. The minimum Gasteiger partial charge on any atom is -0.456 e. The predicted molar refractivity (Wildman–Crippen MR) is 113 cm³/mol. The molecule has 1 N–H and O–H groups in total. The Bertz CT molecular complexity index is 1040. The summed E-state index contributed by atoms with van der Waals surface area (Å²) in [6, 6.07) is 14.0. The summed E-state index contributed by atoms with van der Waals surface area (Å²) in [5.74, 6) is 0.453. The van der Waals surface area contributed by atoms with Crippen molar-refractivity contribution in [2.45, 2.75) is 19.2 Å². The first-order chi connectivity index (χ1) is 14.0. The van der Waals surface area contributed by atoms with Crippen LogP contribution in [0.1, 0.15) is 23.1 Å². The molecule has 0 aliphatic heterocycles. The Balaban J connectivity index is 1.63. The summed E-state index contributed by atoms with van der Waals surface area (Å²) in [6.07, 6.45) is 1.97. The average molecular weight is 411 g/mol. The molecule has 0 radical (unpaired) electrons. The molecule has 0 aliphatic rings. The van der Waals surface area contributed by atoms with Gasteiger partial charge in [0.1, 0.15) is 12.4 Å². The van der Waals surface area contributed by atoms with Crippen molar-refractivity contribution < 1.29 is 19.1 Å². The van der Waals surface area contributed by atoms with Gasteiger partial charge in [-0.1, -0.05) is 12.1 Å². The number of hydrogen-bond acceptors (Lipinski definition) is 6. The van der Waals surface area contributed by atoms with Crippen LogP contribution in [0.3, 0.4) is 0 Å². The van der Waals surface area contributed by atoms with E-state index in [2.05, 4.69) is 10.3 Å². The molecule has 150 valence electrons. The maximum Gasteiger partial charge on any atom is 0.326 e. The summed E-state index contributed by atoms with van der Waals surface area (Å²) in [5, 5.41) is 2.63. The van der Waals surface area contributed by atoms with Crippen molar-refractivity contribution in [2.24, 2.45) is 0 Å². The number of imidazole rings is 1. The lowest BCUT2D eigenvalue weighted by molar-refractivity contribution is -0.143. The Kier molecular flexibility index (Phi) is 6.66. The molecule has 0 aliphatic carbocycles. The third-order valence-electron chi connectivity index (χ3n) is 4.19. The third-order valence-corrected chi connectivity index (χ3v) is 4.73. The van der Waals surface area contributed by atoms with Crippen molar-refractivity contribution in [1.82, 2.24) is 9.55 Å². The Morgan fingerprint density at radius 2 is 1.83 bits per heavy atom. The maximum absolute atomic E-state index is 12.3. The molecular formula is C21H21N3O4S. The van der Waals surface area contributed by atoms with Crippen LogP contribution in [0.4, 0.5) is 5.69 Å². The Morgan fingerprint density at radius 3 is 2.52 bits per heavy atom. The van der Waals surface area contributed by atoms with Crippen LogP contribution in [0.5, 0.6) is 0 Å². The number of nitrogens with one attached hydrogen (secondary N) is 1. The molecule has 0 bridgehead atoms. The molecular weight excluding hydrogens is 390 g/mol. The van der Waals surface area contributed by atoms with Crippen LogP contribution in [-0.4, -0.2) is 40.1 Å². The Morgan fingerprint density at radius 1 is 1.10 bits per heavy atom. The van der Waals surface area contributed by atoms with Crippen LogP contribution < -0.4 is 5.32 Å². The fraction of sp³-hybridized carbons (Fsp3) is 0.238. The Labute approximate surface area is 172 Å². The van der Waals surface area contributed by atoms with Crippen molar-refractivity contribution in [2.75, 3.05) is 18.2 Å². The minimum atomic E-state index is -0.501. The molecule has 1 aromatic heterocycles. The molecule has 8 heteroatoms. The molecule has 0 spiro atoms. The van der Waals surface area contributed by atoms with Gasteiger partial charge in [0.15, 0.2) is 12.4 Å². The van der Waals surface area contributed by atoms with Crippen LogP contribution >= 0.6 is 11.8 Å². The molecule has 3 aromatic rings. The number of carbonyl (C=O) groups is 3. The van der Waals surface area contributed by atoms with Crippen molar-refractivity contribution in [3.05, 3.63) is 59.9 Å². The lowest BCUT2D eigenvalue weighted by Gasteiger charge is -2.09. The molecule has 29 heavy (non-hydrogen) atoms. The van der Waals surface area contributed by atoms with Crippen LogP contribution in [0.2, 0.25) is 0 Å². The highest BCUT2D eigenvalue weighted by Crippen LogP contribution is 2.19. The first-order valence-electron chi connectivity index (χ1n) is 8.97. The number of ether oxygens (including phenoxy) is 1. The number of rotatable bonds is 8. The second-order valence-electron chi connectivity index (χ2n) is 6.38. The van der Waals surface area contributed by atoms with E-state index in [1.807, 2.05) is 35.1 Å². The topological polar surface area (TPSA) is 90.3 Å². The van der Waals surface area contributed by atoms with Gasteiger partial charge in [-0.15, -0.1) is 0 Å². The average Bonchev–Trinajstić information content (AvgIpc) is 3.04. The fourth-order valence-corrected chi connectivity index (χ4v) is 3.37. The molecule has 7 nitrogen and oxygen atoms in total. The number of fused-ring (bicyclic) bond motifs is 1. The highest BCUT2D eigenvalue weighted by Gasteiger charge is 2.15. The normalized spacial score (nSPS) is 10.7. The lowest BCUT2D eigenvalue weighted by Crippen LogP contribution is -2.19. The number of aromatic nitrogens is 2. The molecule has 1 amide bonds. The number of amides is 1. The molecule has 0 atom stereocenters. The first-order valence-corrected chi connectivity index (χ1v) is 10.4. The van der Waals surface area contributed by atoms with E-state index >= 15 is 0 Å². The minimum absolute atomic E-state index is 0.00877. The highest BCUT2D eigenvalue weighted by atomic mass is 32.2. The van der Waals surface area contributed by atoms with Gasteiger partial charge in [-0.25, -0.2) is 4.98 Å². The first kappa shape index (κ1) is 20.6. The summed E-state index contributed by atoms with van der Waals surface area (Å²) >= 11 is 1.62. The summed E-state index contributed by atoms with van der Waals surface area (Å²) in [5.41, 5.74) is 2.68. The van der Waals surface area contributed by atoms with Crippen molar-refractivity contribution in [1.29, 1.82) is 0 Å². The number of benzene rings is 2. The lowest BCUT2D eigenvalue weighted by atomic mass is 10.1. The maximum atomic E-state index is 12.3. The van der Waals surface area contributed by atoms with E-state index in [1.165, 1.54) is 6.92 Å². The molecule has 3 rings (SSSR count). The van der Waals surface area contributed by atoms with Crippen molar-refractivity contribution in [3.63, 3.8) is 0 Å². The van der Waals surface area contributed by atoms with Gasteiger partial charge in [0.25, 0.3) is 0 Å². The van der Waals surface area contributed by atoms with Crippen molar-refractivity contribution in [3.8, 4) is 0 Å². The van der Waals surface area contributed by atoms with E-state index in [0.29, 0.717) is 17.0 Å². The van der Waals surface area contributed by atoms with Crippen molar-refractivity contribution >= 4 is 46.1 Å². The zero-order chi connectivity index (χ0) is 20.8. The van der Waals surface area contributed by atoms with E-state index in [4.69, 9.17) is 4.74 Å². The number of carbonyl (C=O) groups excluding carboxylic acids is 3. The van der Waals surface area contributed by atoms with E-state index in [9.17, 15) is 14.4 Å². The van der Waals surface area contributed by atoms with Gasteiger partial charge >= 0.3 is 5.97 Å². The molecule has 0 saturated carbocycles. The molecule has 1 heterocycles. The van der Waals surface area contributed by atoms with E-state index in [1.54, 1.807) is 36.0 Å². The van der Waals surface area contributed by atoms with Gasteiger partial charge in [-0.2, -0.15) is 11.8 Å². The van der Waals surface area contributed by atoms with Gasteiger partial charge < -0.3 is 14.6 Å². The smallest absolute Gasteiger partial charge is 0.326 e. The standard InChI is InChI=1S/C21H21N3O4S/c1-14(25)22-16-9-7-15(8-10-16)19(26)12-28-21(27)11-24-18-6-4-3-5-17(18)23-20(24)13-29-2/h3-10H,11-13H2,1-2H3,(H,22,25). The number of Topliss-reactive ketones (excluding diaryl/α,β-unsaturated/α-hetero) is 1. The second kappa shape index (κ2) is 9.38. The molecule has 0 fully saturated rings. The summed E-state index contributed by atoms with van der Waals surface area (Å²) in [4.78, 5) is 40.2. The van der Waals surface area contributed by atoms with Gasteiger partial charge in [-0.3, -0.25) is 14.4 Å². The number of para-hydroxylation sites is 2. The van der Waals surface area contributed by atoms with Gasteiger partial charge in [0.2, 0.25) is 5.91 Å². The summed E-state index contributed by atoms with van der Waals surface area (Å²) < 4.78 is 7.02. The van der Waals surface area contributed by atoms with E-state index in [-0.39, 0.29) is 24.8 Å². The second-order valence-corrected chi connectivity index (χ2v) is 7.24. The number of thioether (sulfide) groups is 1. The van der Waals surface area contributed by atoms with Crippen LogP contribution in [0, 0.1) is 0 Å². The predicted octanol–water partition coefficient (Wildman–Crippen LogP) is 3.28. The number of esters is 1. The van der Waals surface area contributed by atoms with Gasteiger partial charge in [0.05, 0.1) is 16.8 Å². The fourth-order valence-electron chi connectivity index (χ4n) is 2.89. The van der Waals surface area contributed by atoms with Gasteiger partial charge in [-0.05, 0) is 42.7 Å². The van der Waals surface area contributed by atoms with Crippen LogP contribution in [-0.2, 0) is 26.6 Å². The molecule has 0 unspecified atom stereocenters.